The predicted molar refractivity (Wildman–Crippen MR) is 147 cm³/mol. The molecule has 4 aromatic rings. The normalized spacial score (nSPS) is 21.6. The highest BCUT2D eigenvalue weighted by Crippen LogP contribution is 2.53. The van der Waals surface area contributed by atoms with Crippen LogP contribution in [0.4, 0.5) is 4.79 Å². The number of carbonyl (C=O) groups excluding carboxylic acids is 2. The summed E-state index contributed by atoms with van der Waals surface area (Å²) in [4.78, 5) is 34.6. The minimum atomic E-state index is -0.904. The smallest absolute Gasteiger partial charge is 0.416 e. The first-order valence-corrected chi connectivity index (χ1v) is 13.3. The first-order valence-electron chi connectivity index (χ1n) is 13.3. The molecule has 0 aromatic heterocycles. The standard InChI is InChI=1S/C33H30N2O4/c1-24-29(31(36)34-22-23-38-32(34)37)30(25-14-6-2-7-15-25)35(39-24)33(26-16-8-3-9-17-26,27-18-10-4-11-19-27)28-20-12-5-13-21-28/h2-21,24,29-30H,22-23H2,1H3/t24-,29-,30-/m0/s1. The van der Waals surface area contributed by atoms with Crippen LogP contribution in [0.5, 0.6) is 0 Å². The van der Waals surface area contributed by atoms with Crippen LogP contribution in [0.2, 0.25) is 0 Å². The largest absolute Gasteiger partial charge is 0.447 e. The molecule has 0 bridgehead atoms. The van der Waals surface area contributed by atoms with E-state index in [4.69, 9.17) is 9.57 Å². The van der Waals surface area contributed by atoms with Gasteiger partial charge in [-0.1, -0.05) is 121 Å². The monoisotopic (exact) mass is 518 g/mol. The van der Waals surface area contributed by atoms with Crippen molar-refractivity contribution in [2.24, 2.45) is 5.92 Å². The number of ether oxygens (including phenoxy) is 1. The second kappa shape index (κ2) is 10.5. The van der Waals surface area contributed by atoms with Crippen molar-refractivity contribution in [2.45, 2.75) is 24.6 Å². The third kappa shape index (κ3) is 4.22. The Labute approximate surface area is 228 Å². The van der Waals surface area contributed by atoms with Gasteiger partial charge in [0.15, 0.2) is 0 Å². The quantitative estimate of drug-likeness (QED) is 0.295. The zero-order chi connectivity index (χ0) is 26.8. The number of hydroxylamine groups is 2. The molecular weight excluding hydrogens is 488 g/mol. The van der Waals surface area contributed by atoms with Crippen LogP contribution >= 0.6 is 0 Å². The van der Waals surface area contributed by atoms with Crippen LogP contribution in [-0.2, 0) is 19.9 Å². The number of hydrogen-bond donors (Lipinski definition) is 0. The van der Waals surface area contributed by atoms with Gasteiger partial charge >= 0.3 is 6.09 Å². The number of amides is 2. The van der Waals surface area contributed by atoms with Gasteiger partial charge in [-0.2, -0.15) is 5.06 Å². The molecule has 4 aromatic carbocycles. The fourth-order valence-electron chi connectivity index (χ4n) is 6.02. The van der Waals surface area contributed by atoms with Gasteiger partial charge in [-0.3, -0.25) is 9.63 Å². The van der Waals surface area contributed by atoms with Gasteiger partial charge in [-0.15, -0.1) is 0 Å². The lowest BCUT2D eigenvalue weighted by atomic mass is 9.74. The third-order valence-corrected chi connectivity index (χ3v) is 7.74. The van der Waals surface area contributed by atoms with Crippen LogP contribution in [0.3, 0.4) is 0 Å². The number of hydrogen-bond acceptors (Lipinski definition) is 5. The van der Waals surface area contributed by atoms with Crippen LogP contribution in [0.1, 0.15) is 35.2 Å². The topological polar surface area (TPSA) is 59.1 Å². The van der Waals surface area contributed by atoms with Gasteiger partial charge in [-0.05, 0) is 29.2 Å². The maximum atomic E-state index is 14.1. The van der Waals surface area contributed by atoms with Crippen molar-refractivity contribution in [3.05, 3.63) is 144 Å². The number of rotatable bonds is 6. The van der Waals surface area contributed by atoms with Gasteiger partial charge in [-0.25, -0.2) is 9.69 Å². The van der Waals surface area contributed by atoms with E-state index in [9.17, 15) is 9.59 Å². The summed E-state index contributed by atoms with van der Waals surface area (Å²) in [5.74, 6) is -0.932. The summed E-state index contributed by atoms with van der Waals surface area (Å²) in [5, 5.41) is 2.00. The summed E-state index contributed by atoms with van der Waals surface area (Å²) >= 11 is 0. The predicted octanol–water partition coefficient (Wildman–Crippen LogP) is 5.95. The Kier molecular flexibility index (Phi) is 6.73. The lowest BCUT2D eigenvalue weighted by Gasteiger charge is -2.45. The Balaban J connectivity index is 1.62. The fraction of sp³-hybridized carbons (Fsp3) is 0.212. The molecule has 2 saturated heterocycles. The van der Waals surface area contributed by atoms with Crippen molar-refractivity contribution in [3.8, 4) is 0 Å². The maximum Gasteiger partial charge on any atom is 0.416 e. The Hall–Kier alpha value is -4.26. The molecule has 2 heterocycles. The molecule has 6 nitrogen and oxygen atoms in total. The summed E-state index contributed by atoms with van der Waals surface area (Å²) in [6, 6.07) is 40.2. The zero-order valence-corrected chi connectivity index (χ0v) is 21.7. The van der Waals surface area contributed by atoms with E-state index in [1.807, 2.05) is 96.9 Å². The van der Waals surface area contributed by atoms with Gasteiger partial charge in [0.2, 0.25) is 5.91 Å². The van der Waals surface area contributed by atoms with E-state index >= 15 is 0 Å². The van der Waals surface area contributed by atoms with Crippen molar-refractivity contribution in [2.75, 3.05) is 13.2 Å². The zero-order valence-electron chi connectivity index (χ0n) is 21.7. The SMILES string of the molecule is C[C@@H]1ON(C(c2ccccc2)(c2ccccc2)c2ccccc2)[C@@H](c2ccccc2)[C@H]1C(=O)N1CCOC1=O. The lowest BCUT2D eigenvalue weighted by Crippen LogP contribution is -2.49. The molecule has 0 spiro atoms. The van der Waals surface area contributed by atoms with Crippen molar-refractivity contribution in [3.63, 3.8) is 0 Å². The highest BCUT2D eigenvalue weighted by molar-refractivity contribution is 5.95. The molecule has 0 N–H and O–H groups in total. The molecule has 0 saturated carbocycles. The molecule has 2 amide bonds. The molecule has 2 aliphatic rings. The minimum Gasteiger partial charge on any atom is -0.447 e. The van der Waals surface area contributed by atoms with Gasteiger partial charge in [0.1, 0.15) is 12.1 Å². The van der Waals surface area contributed by atoms with Gasteiger partial charge in [0.25, 0.3) is 0 Å². The Morgan fingerprint density at radius 2 is 1.21 bits per heavy atom. The van der Waals surface area contributed by atoms with Crippen LogP contribution in [-0.4, -0.2) is 41.2 Å². The van der Waals surface area contributed by atoms with Crippen LogP contribution in [0.15, 0.2) is 121 Å². The highest BCUT2D eigenvalue weighted by atomic mass is 16.7. The second-order valence-corrected chi connectivity index (χ2v) is 9.93. The molecule has 2 fully saturated rings. The second-order valence-electron chi connectivity index (χ2n) is 9.93. The summed E-state index contributed by atoms with van der Waals surface area (Å²) in [6.07, 6.45) is -1.11. The Bertz CT molecular complexity index is 1330. The molecule has 0 radical (unpaired) electrons. The van der Waals surface area contributed by atoms with E-state index in [0.29, 0.717) is 0 Å². The molecule has 6 rings (SSSR count). The van der Waals surface area contributed by atoms with E-state index < -0.39 is 29.7 Å². The first kappa shape index (κ1) is 25.0. The maximum absolute atomic E-state index is 14.1. The molecular formula is C33H30N2O4. The number of carbonyl (C=O) groups is 2. The molecule has 0 unspecified atom stereocenters. The van der Waals surface area contributed by atoms with E-state index in [0.717, 1.165) is 22.3 Å². The third-order valence-electron chi connectivity index (χ3n) is 7.74. The number of cyclic esters (lactones) is 1. The van der Waals surface area contributed by atoms with E-state index in [1.54, 1.807) is 0 Å². The van der Waals surface area contributed by atoms with Crippen LogP contribution in [0.25, 0.3) is 0 Å². The molecule has 2 aliphatic heterocycles. The summed E-state index contributed by atoms with van der Waals surface area (Å²) in [7, 11) is 0. The molecule has 3 atom stereocenters. The van der Waals surface area contributed by atoms with E-state index in [1.165, 1.54) is 4.90 Å². The number of nitrogens with zero attached hydrogens (tertiary/aromatic N) is 2. The van der Waals surface area contributed by atoms with Crippen molar-refractivity contribution in [1.82, 2.24) is 9.96 Å². The Morgan fingerprint density at radius 3 is 1.64 bits per heavy atom. The average molecular weight is 519 g/mol. The van der Waals surface area contributed by atoms with E-state index in [-0.39, 0.29) is 19.1 Å². The van der Waals surface area contributed by atoms with E-state index in [2.05, 4.69) is 36.4 Å². The van der Waals surface area contributed by atoms with Crippen LogP contribution < -0.4 is 0 Å². The minimum absolute atomic E-state index is 0.203. The highest BCUT2D eigenvalue weighted by Gasteiger charge is 2.57. The van der Waals surface area contributed by atoms with Crippen molar-refractivity contribution in [1.29, 1.82) is 0 Å². The van der Waals surface area contributed by atoms with Crippen molar-refractivity contribution < 1.29 is 19.2 Å². The number of benzene rings is 4. The average Bonchev–Trinajstić information content (AvgIpc) is 3.58. The summed E-state index contributed by atoms with van der Waals surface area (Å²) in [5.41, 5.74) is 3.04. The molecule has 39 heavy (non-hydrogen) atoms. The molecule has 0 aliphatic carbocycles. The van der Waals surface area contributed by atoms with Gasteiger partial charge < -0.3 is 4.74 Å². The fourth-order valence-corrected chi connectivity index (χ4v) is 6.02. The van der Waals surface area contributed by atoms with Gasteiger partial charge in [0, 0.05) is 0 Å². The molecule has 196 valence electrons. The van der Waals surface area contributed by atoms with Crippen molar-refractivity contribution >= 4 is 12.0 Å². The van der Waals surface area contributed by atoms with Crippen LogP contribution in [0, 0.1) is 5.92 Å². The summed E-state index contributed by atoms with van der Waals surface area (Å²) < 4.78 is 5.14. The summed E-state index contributed by atoms with van der Waals surface area (Å²) in [6.45, 7) is 2.35. The lowest BCUT2D eigenvalue weighted by molar-refractivity contribution is -0.205. The molecule has 6 heteroatoms. The van der Waals surface area contributed by atoms with Gasteiger partial charge in [0.05, 0.1) is 24.6 Å². The number of imide groups is 1. The Morgan fingerprint density at radius 1 is 0.744 bits per heavy atom. The first-order chi connectivity index (χ1) is 19.1.